The van der Waals surface area contributed by atoms with Crippen molar-refractivity contribution in [1.29, 1.82) is 0 Å². The van der Waals surface area contributed by atoms with Gasteiger partial charge < -0.3 is 0 Å². The van der Waals surface area contributed by atoms with Gasteiger partial charge in [0.2, 0.25) is 0 Å². The lowest BCUT2D eigenvalue weighted by molar-refractivity contribution is -0.122. The summed E-state index contributed by atoms with van der Waals surface area (Å²) in [6.45, 7) is 8.59. The van der Waals surface area contributed by atoms with Crippen LogP contribution in [0.5, 0.6) is 0 Å². The molecule has 0 aromatic heterocycles. The molecule has 1 N–H and O–H groups in total. The zero-order valence-electron chi connectivity index (χ0n) is 17.7. The molecular weight excluding hydrogens is 308 g/mol. The van der Waals surface area contributed by atoms with Crippen LogP contribution in [0.3, 0.4) is 0 Å². The van der Waals surface area contributed by atoms with Gasteiger partial charge in [-0.25, -0.2) is 5.01 Å². The highest BCUT2D eigenvalue weighted by atomic mass is 16.1. The smallest absolute Gasteiger partial charge is 0.135 e. The summed E-state index contributed by atoms with van der Waals surface area (Å²) in [6.07, 6.45) is 17.4. The third-order valence-corrected chi connectivity index (χ3v) is 5.14. The first-order valence-electron chi connectivity index (χ1n) is 11.1. The van der Waals surface area contributed by atoms with E-state index < -0.39 is 0 Å². The molecule has 0 aliphatic carbocycles. The van der Waals surface area contributed by atoms with Crippen molar-refractivity contribution < 1.29 is 4.79 Å². The summed E-state index contributed by atoms with van der Waals surface area (Å²) in [5.74, 6) is 0.663. The van der Waals surface area contributed by atoms with E-state index in [0.29, 0.717) is 5.78 Å². The molecular formula is C22H46N2O. The van der Waals surface area contributed by atoms with E-state index in [2.05, 4.69) is 38.3 Å². The first kappa shape index (κ1) is 24.6. The second-order valence-electron chi connectivity index (χ2n) is 7.77. The van der Waals surface area contributed by atoms with Crippen molar-refractivity contribution in [1.82, 2.24) is 10.4 Å². The Balaban J connectivity index is 3.49. The van der Waals surface area contributed by atoms with Gasteiger partial charge in [-0.05, 0) is 19.3 Å². The van der Waals surface area contributed by atoms with E-state index in [1.165, 1.54) is 70.6 Å². The number of hydrogen-bond donors (Lipinski definition) is 1. The quantitative estimate of drug-likeness (QED) is 0.224. The van der Waals surface area contributed by atoms with Gasteiger partial charge in [0.15, 0.2) is 0 Å². The minimum atomic E-state index is 0.203. The van der Waals surface area contributed by atoms with Crippen LogP contribution in [0.25, 0.3) is 0 Å². The van der Waals surface area contributed by atoms with Crippen LogP contribution in [-0.2, 0) is 4.79 Å². The lowest BCUT2D eigenvalue weighted by Gasteiger charge is -2.20. The molecule has 0 rings (SSSR count). The monoisotopic (exact) mass is 354 g/mol. The van der Waals surface area contributed by atoms with Gasteiger partial charge in [0.25, 0.3) is 0 Å². The second kappa shape index (κ2) is 18.4. The van der Waals surface area contributed by atoms with Gasteiger partial charge in [0.1, 0.15) is 5.78 Å². The topological polar surface area (TPSA) is 32.3 Å². The third-order valence-electron chi connectivity index (χ3n) is 5.14. The van der Waals surface area contributed by atoms with Gasteiger partial charge in [0, 0.05) is 32.5 Å². The van der Waals surface area contributed by atoms with Gasteiger partial charge in [0.05, 0.1) is 0 Å². The first-order chi connectivity index (χ1) is 12.1. The maximum Gasteiger partial charge on any atom is 0.135 e. The molecule has 1 unspecified atom stereocenters. The summed E-state index contributed by atoms with van der Waals surface area (Å²) in [7, 11) is 2.09. The SMILES string of the molecule is CCCCCCCCCCCC(=O)C(C)CCN(C)NCCCCC. The number of ketones is 1. The summed E-state index contributed by atoms with van der Waals surface area (Å²) >= 11 is 0. The van der Waals surface area contributed by atoms with Gasteiger partial charge in [-0.15, -0.1) is 0 Å². The van der Waals surface area contributed by atoms with E-state index in [4.69, 9.17) is 0 Å². The average Bonchev–Trinajstić information content (AvgIpc) is 2.61. The van der Waals surface area contributed by atoms with E-state index in [-0.39, 0.29) is 5.92 Å². The molecule has 150 valence electrons. The predicted octanol–water partition coefficient (Wildman–Crippen LogP) is 6.13. The van der Waals surface area contributed by atoms with Gasteiger partial charge in [-0.2, -0.15) is 0 Å². The normalized spacial score (nSPS) is 12.7. The Labute approximate surface area is 158 Å². The summed E-state index contributed by atoms with van der Waals surface area (Å²) in [5, 5.41) is 2.15. The predicted molar refractivity (Wildman–Crippen MR) is 111 cm³/mol. The number of rotatable bonds is 19. The first-order valence-corrected chi connectivity index (χ1v) is 11.1. The molecule has 3 nitrogen and oxygen atoms in total. The molecule has 0 fully saturated rings. The average molecular weight is 355 g/mol. The Bertz CT molecular complexity index is 294. The zero-order valence-corrected chi connectivity index (χ0v) is 17.7. The Kier molecular flexibility index (Phi) is 18.1. The van der Waals surface area contributed by atoms with Crippen LogP contribution in [0.15, 0.2) is 0 Å². The van der Waals surface area contributed by atoms with Crippen molar-refractivity contribution in [2.24, 2.45) is 5.92 Å². The van der Waals surface area contributed by atoms with Crippen LogP contribution in [0.1, 0.15) is 111 Å². The molecule has 1 atom stereocenters. The van der Waals surface area contributed by atoms with Gasteiger partial charge >= 0.3 is 0 Å². The molecule has 0 aromatic carbocycles. The van der Waals surface area contributed by atoms with E-state index in [0.717, 1.165) is 32.4 Å². The molecule has 25 heavy (non-hydrogen) atoms. The fourth-order valence-electron chi connectivity index (χ4n) is 3.13. The molecule has 0 amide bonds. The minimum Gasteiger partial charge on any atom is -0.299 e. The molecule has 3 heteroatoms. The van der Waals surface area contributed by atoms with E-state index in [1.54, 1.807) is 0 Å². The molecule has 0 bridgehead atoms. The summed E-state index contributed by atoms with van der Waals surface area (Å²) in [5.41, 5.74) is 3.42. The van der Waals surface area contributed by atoms with Crippen LogP contribution in [0.4, 0.5) is 0 Å². The highest BCUT2D eigenvalue weighted by Gasteiger charge is 2.13. The number of hydrogen-bond acceptors (Lipinski definition) is 3. The lowest BCUT2D eigenvalue weighted by Crippen LogP contribution is -2.36. The molecule has 0 aromatic rings. The maximum absolute atomic E-state index is 12.2. The lowest BCUT2D eigenvalue weighted by atomic mass is 9.97. The highest BCUT2D eigenvalue weighted by molar-refractivity contribution is 5.80. The van der Waals surface area contributed by atoms with Gasteiger partial charge in [-0.1, -0.05) is 85.0 Å². The second-order valence-corrected chi connectivity index (χ2v) is 7.77. The molecule has 0 aliphatic heterocycles. The van der Waals surface area contributed by atoms with Crippen LogP contribution in [0, 0.1) is 5.92 Å². The van der Waals surface area contributed by atoms with Crippen molar-refractivity contribution in [3.63, 3.8) is 0 Å². The van der Waals surface area contributed by atoms with Gasteiger partial charge in [-0.3, -0.25) is 10.2 Å². The Morgan fingerprint density at radius 2 is 1.36 bits per heavy atom. The minimum absolute atomic E-state index is 0.203. The fraction of sp³-hybridized carbons (Fsp3) is 0.955. The number of Topliss-reactive ketones (excluding diaryl/α,β-unsaturated/α-hetero) is 1. The number of carbonyl (C=O) groups excluding carboxylic acids is 1. The number of unbranched alkanes of at least 4 members (excludes halogenated alkanes) is 10. The molecule has 0 aliphatic rings. The number of nitrogens with one attached hydrogen (secondary N) is 1. The standard InChI is InChI=1S/C22H46N2O/c1-5-7-9-10-11-12-13-14-15-17-22(25)21(3)18-20-24(4)23-19-16-8-6-2/h21,23H,5-20H2,1-4H3. The van der Waals surface area contributed by atoms with E-state index in [1.807, 2.05) is 0 Å². The molecule has 0 radical (unpaired) electrons. The van der Waals surface area contributed by atoms with Crippen molar-refractivity contribution in [2.45, 2.75) is 111 Å². The summed E-state index contributed by atoms with van der Waals surface area (Å²) < 4.78 is 0. The number of nitrogens with zero attached hydrogens (tertiary/aromatic N) is 1. The summed E-state index contributed by atoms with van der Waals surface area (Å²) in [4.78, 5) is 12.2. The Hall–Kier alpha value is -0.410. The molecule has 0 saturated heterocycles. The fourth-order valence-corrected chi connectivity index (χ4v) is 3.13. The summed E-state index contributed by atoms with van der Waals surface area (Å²) in [6, 6.07) is 0. The highest BCUT2D eigenvalue weighted by Crippen LogP contribution is 2.13. The molecule has 0 saturated carbocycles. The van der Waals surface area contributed by atoms with Crippen LogP contribution in [-0.4, -0.2) is 30.9 Å². The van der Waals surface area contributed by atoms with Crippen molar-refractivity contribution in [2.75, 3.05) is 20.1 Å². The third kappa shape index (κ3) is 16.8. The maximum atomic E-state index is 12.2. The van der Waals surface area contributed by atoms with Crippen LogP contribution >= 0.6 is 0 Å². The molecule has 0 heterocycles. The largest absolute Gasteiger partial charge is 0.299 e. The van der Waals surface area contributed by atoms with Crippen LogP contribution < -0.4 is 5.43 Å². The van der Waals surface area contributed by atoms with Crippen molar-refractivity contribution >= 4 is 5.78 Å². The van der Waals surface area contributed by atoms with Crippen LogP contribution in [0.2, 0.25) is 0 Å². The van der Waals surface area contributed by atoms with Crippen molar-refractivity contribution in [3.05, 3.63) is 0 Å². The van der Waals surface area contributed by atoms with Crippen molar-refractivity contribution in [3.8, 4) is 0 Å². The number of hydrazine groups is 1. The van der Waals surface area contributed by atoms with E-state index in [9.17, 15) is 4.79 Å². The Morgan fingerprint density at radius 1 is 0.840 bits per heavy atom. The molecule has 0 spiro atoms. The zero-order chi connectivity index (χ0) is 18.8. The van der Waals surface area contributed by atoms with E-state index >= 15 is 0 Å². The number of carbonyl (C=O) groups is 1. The Morgan fingerprint density at radius 3 is 1.96 bits per heavy atom.